The van der Waals surface area contributed by atoms with E-state index in [1.54, 1.807) is 6.07 Å². The van der Waals surface area contributed by atoms with Gasteiger partial charge in [0, 0.05) is 31.4 Å². The SMILES string of the molecule is O=C(CCCOCCOCCOCCOCCOCCOCCOCCO)COc1ccccc1C1=Nc2ccccc2CC(=O)C1. The van der Waals surface area contributed by atoms with Crippen molar-refractivity contribution in [3.05, 3.63) is 59.7 Å². The van der Waals surface area contributed by atoms with E-state index in [-0.39, 0.29) is 31.2 Å². The molecule has 0 saturated heterocycles. The highest BCUT2D eigenvalue weighted by atomic mass is 16.6. The number of para-hydroxylation sites is 2. The maximum Gasteiger partial charge on any atom is 0.170 e. The third-order valence-electron chi connectivity index (χ3n) is 6.80. The monoisotopic (exact) mass is 659 g/mol. The molecular formula is C35H49NO11. The second-order valence-electron chi connectivity index (χ2n) is 10.5. The van der Waals surface area contributed by atoms with Gasteiger partial charge in [0.05, 0.1) is 104 Å². The number of carbonyl (C=O) groups is 2. The molecule has 0 radical (unpaired) electrons. The number of hydrogen-bond acceptors (Lipinski definition) is 12. The summed E-state index contributed by atoms with van der Waals surface area (Å²) in [6.45, 7) is 6.39. The number of aliphatic imine (C=N–C) groups is 1. The molecule has 0 unspecified atom stereocenters. The van der Waals surface area contributed by atoms with E-state index in [0.717, 1.165) is 16.8 Å². The van der Waals surface area contributed by atoms with Gasteiger partial charge < -0.3 is 43.0 Å². The quantitative estimate of drug-likeness (QED) is 0.135. The highest BCUT2D eigenvalue weighted by Gasteiger charge is 2.20. The minimum absolute atomic E-state index is 0.0163. The van der Waals surface area contributed by atoms with Crippen molar-refractivity contribution in [2.45, 2.75) is 25.7 Å². The van der Waals surface area contributed by atoms with E-state index in [4.69, 9.17) is 48.0 Å². The predicted octanol–water partition coefficient (Wildman–Crippen LogP) is 3.16. The van der Waals surface area contributed by atoms with E-state index >= 15 is 0 Å². The van der Waals surface area contributed by atoms with Crippen LogP contribution in [0.3, 0.4) is 0 Å². The Hall–Kier alpha value is -3.07. The Kier molecular flexibility index (Phi) is 20.4. The maximum absolute atomic E-state index is 12.6. The number of fused-ring (bicyclic) bond motifs is 1. The minimum Gasteiger partial charge on any atom is -0.485 e. The molecule has 0 atom stereocenters. The molecule has 260 valence electrons. The summed E-state index contributed by atoms with van der Waals surface area (Å²) in [6, 6.07) is 15.0. The molecule has 1 heterocycles. The third-order valence-corrected chi connectivity index (χ3v) is 6.80. The molecule has 0 bridgehead atoms. The van der Waals surface area contributed by atoms with E-state index < -0.39 is 0 Å². The number of carbonyl (C=O) groups excluding carboxylic acids is 2. The van der Waals surface area contributed by atoms with Crippen LogP contribution in [-0.4, -0.2) is 128 Å². The molecule has 0 saturated carbocycles. The number of hydrogen-bond donors (Lipinski definition) is 1. The number of ketones is 2. The molecule has 1 aliphatic rings. The number of Topliss-reactive ketones (excluding diaryl/α,β-unsaturated/α-hetero) is 2. The topological polar surface area (TPSA) is 141 Å². The van der Waals surface area contributed by atoms with Crippen LogP contribution in [0.15, 0.2) is 53.5 Å². The molecule has 0 aliphatic carbocycles. The minimum atomic E-state index is -0.0591. The summed E-state index contributed by atoms with van der Waals surface area (Å²) in [7, 11) is 0. The van der Waals surface area contributed by atoms with Gasteiger partial charge in [0.1, 0.15) is 18.1 Å². The Morgan fingerprint density at radius 3 is 1.74 bits per heavy atom. The fourth-order valence-electron chi connectivity index (χ4n) is 4.49. The first-order valence-electron chi connectivity index (χ1n) is 16.2. The first kappa shape index (κ1) is 38.4. The van der Waals surface area contributed by atoms with Crippen LogP contribution in [0.1, 0.15) is 30.4 Å². The van der Waals surface area contributed by atoms with Gasteiger partial charge in [-0.25, -0.2) is 0 Å². The molecule has 0 spiro atoms. The maximum atomic E-state index is 12.6. The van der Waals surface area contributed by atoms with Crippen molar-refractivity contribution in [3.8, 4) is 5.75 Å². The molecule has 12 heteroatoms. The molecule has 1 N–H and O–H groups in total. The van der Waals surface area contributed by atoms with E-state index in [1.165, 1.54) is 0 Å². The molecule has 2 aromatic rings. The number of aliphatic hydroxyl groups excluding tert-OH is 1. The highest BCUT2D eigenvalue weighted by molar-refractivity contribution is 6.14. The molecule has 2 aromatic carbocycles. The molecule has 1 aliphatic heterocycles. The number of aliphatic hydroxyl groups is 1. The number of nitrogens with zero attached hydrogens (tertiary/aromatic N) is 1. The summed E-state index contributed by atoms with van der Waals surface area (Å²) < 4.78 is 43.7. The Labute approximate surface area is 277 Å². The van der Waals surface area contributed by atoms with Crippen molar-refractivity contribution in [1.29, 1.82) is 0 Å². The number of ether oxygens (including phenoxy) is 8. The van der Waals surface area contributed by atoms with Crippen molar-refractivity contribution in [3.63, 3.8) is 0 Å². The Bertz CT molecular complexity index is 1190. The summed E-state index contributed by atoms with van der Waals surface area (Å²) in [6.07, 6.45) is 1.50. The first-order chi connectivity index (χ1) is 23.2. The first-order valence-corrected chi connectivity index (χ1v) is 16.2. The van der Waals surface area contributed by atoms with Crippen LogP contribution in [0.5, 0.6) is 5.75 Å². The van der Waals surface area contributed by atoms with Gasteiger partial charge in [-0.05, 0) is 30.2 Å². The summed E-state index contributed by atoms with van der Waals surface area (Å²) in [5, 5.41) is 8.59. The fourth-order valence-corrected chi connectivity index (χ4v) is 4.49. The van der Waals surface area contributed by atoms with Crippen LogP contribution >= 0.6 is 0 Å². The lowest BCUT2D eigenvalue weighted by atomic mass is 10.0. The molecule has 12 nitrogen and oxygen atoms in total. The average Bonchev–Trinajstić information content (AvgIpc) is 3.25. The highest BCUT2D eigenvalue weighted by Crippen LogP contribution is 2.28. The smallest absolute Gasteiger partial charge is 0.170 e. The van der Waals surface area contributed by atoms with E-state index in [0.29, 0.717) is 123 Å². The molecule has 0 amide bonds. The molecule has 0 aromatic heterocycles. The van der Waals surface area contributed by atoms with Crippen molar-refractivity contribution in [1.82, 2.24) is 0 Å². The fraction of sp³-hybridized carbons (Fsp3) is 0.571. The van der Waals surface area contributed by atoms with Gasteiger partial charge in [0.25, 0.3) is 0 Å². The van der Waals surface area contributed by atoms with E-state index in [9.17, 15) is 9.59 Å². The Morgan fingerprint density at radius 1 is 0.638 bits per heavy atom. The van der Waals surface area contributed by atoms with Crippen molar-refractivity contribution in [2.24, 2.45) is 4.99 Å². The van der Waals surface area contributed by atoms with Gasteiger partial charge in [-0.2, -0.15) is 0 Å². The molecule has 47 heavy (non-hydrogen) atoms. The molecule has 0 fully saturated rings. The number of benzene rings is 2. The predicted molar refractivity (Wildman–Crippen MR) is 175 cm³/mol. The van der Waals surface area contributed by atoms with Gasteiger partial charge in [-0.3, -0.25) is 14.6 Å². The van der Waals surface area contributed by atoms with E-state index in [2.05, 4.69) is 0 Å². The van der Waals surface area contributed by atoms with Gasteiger partial charge >= 0.3 is 0 Å². The van der Waals surface area contributed by atoms with Crippen LogP contribution in [-0.2, 0) is 49.2 Å². The van der Waals surface area contributed by atoms with Crippen LogP contribution in [0, 0.1) is 0 Å². The zero-order valence-corrected chi connectivity index (χ0v) is 27.2. The molecular weight excluding hydrogens is 610 g/mol. The summed E-state index contributed by atoms with van der Waals surface area (Å²) in [4.78, 5) is 29.8. The summed E-state index contributed by atoms with van der Waals surface area (Å²) >= 11 is 0. The lowest BCUT2D eigenvalue weighted by Gasteiger charge is -2.12. The standard InChI is InChI=1S/C35H49NO11/c37-11-13-41-15-17-43-19-21-45-23-25-46-24-22-44-20-18-42-16-14-40-12-5-7-30(38)28-47-35-10-4-2-8-32(35)34-27-31(39)26-29-6-1-3-9-33(29)36-34/h1-4,6,8-10,37H,5,7,11-28H2. The van der Waals surface area contributed by atoms with Gasteiger partial charge in [0.15, 0.2) is 5.78 Å². The van der Waals surface area contributed by atoms with Crippen LogP contribution in [0.2, 0.25) is 0 Å². The van der Waals surface area contributed by atoms with Crippen molar-refractivity contribution in [2.75, 3.05) is 106 Å². The second kappa shape index (κ2) is 25.0. The lowest BCUT2D eigenvalue weighted by Crippen LogP contribution is -2.15. The van der Waals surface area contributed by atoms with E-state index in [1.807, 2.05) is 42.5 Å². The second-order valence-corrected chi connectivity index (χ2v) is 10.5. The normalized spacial score (nSPS) is 12.9. The largest absolute Gasteiger partial charge is 0.485 e. The average molecular weight is 660 g/mol. The summed E-state index contributed by atoms with van der Waals surface area (Å²) in [5.41, 5.74) is 3.08. The Morgan fingerprint density at radius 2 is 1.15 bits per heavy atom. The molecule has 3 rings (SSSR count). The van der Waals surface area contributed by atoms with Gasteiger partial charge in [-0.1, -0.05) is 30.3 Å². The number of rotatable bonds is 28. The van der Waals surface area contributed by atoms with Crippen LogP contribution in [0.25, 0.3) is 0 Å². The van der Waals surface area contributed by atoms with Crippen molar-refractivity contribution >= 4 is 23.0 Å². The Balaban J connectivity index is 1.12. The van der Waals surface area contributed by atoms with Crippen LogP contribution in [0.4, 0.5) is 5.69 Å². The zero-order chi connectivity index (χ0) is 33.2. The van der Waals surface area contributed by atoms with Crippen LogP contribution < -0.4 is 4.74 Å². The zero-order valence-electron chi connectivity index (χ0n) is 27.2. The van der Waals surface area contributed by atoms with Gasteiger partial charge in [0.2, 0.25) is 0 Å². The third kappa shape index (κ3) is 17.1. The van der Waals surface area contributed by atoms with Gasteiger partial charge in [-0.15, -0.1) is 0 Å². The summed E-state index contributed by atoms with van der Waals surface area (Å²) in [5.74, 6) is 0.605. The van der Waals surface area contributed by atoms with Crippen molar-refractivity contribution < 1.29 is 52.6 Å². The lowest BCUT2D eigenvalue weighted by molar-refractivity contribution is -0.121.